The number of hydrogen-bond acceptors (Lipinski definition) is 5. The molecule has 120 valence electrons. The molecule has 1 saturated heterocycles. The van der Waals surface area contributed by atoms with Crippen LogP contribution in [0.5, 0.6) is 17.2 Å². The largest absolute Gasteiger partial charge is 0.493 e. The zero-order valence-corrected chi connectivity index (χ0v) is 13.0. The Hall–Kier alpha value is -2.44. The van der Waals surface area contributed by atoms with Crippen molar-refractivity contribution >= 4 is 11.9 Å². The van der Waals surface area contributed by atoms with Gasteiger partial charge in [-0.2, -0.15) is 0 Å². The molecule has 1 amide bonds. The normalized spacial score (nSPS) is 20.1. The Labute approximate surface area is 128 Å². The van der Waals surface area contributed by atoms with E-state index in [1.54, 1.807) is 0 Å². The number of methoxy groups -OCH3 is 3. The van der Waals surface area contributed by atoms with Crippen LogP contribution < -0.4 is 14.2 Å². The Morgan fingerprint density at radius 1 is 1.14 bits per heavy atom. The number of likely N-dealkylation sites (tertiary alicyclic amines) is 1. The van der Waals surface area contributed by atoms with Gasteiger partial charge in [-0.3, -0.25) is 4.79 Å². The van der Waals surface area contributed by atoms with Gasteiger partial charge in [0.05, 0.1) is 21.3 Å². The van der Waals surface area contributed by atoms with Crippen molar-refractivity contribution in [3.8, 4) is 17.2 Å². The molecule has 7 nitrogen and oxygen atoms in total. The Morgan fingerprint density at radius 2 is 1.68 bits per heavy atom. The monoisotopic (exact) mass is 309 g/mol. The van der Waals surface area contributed by atoms with Gasteiger partial charge in [0.2, 0.25) is 5.75 Å². The van der Waals surface area contributed by atoms with Gasteiger partial charge in [-0.15, -0.1) is 0 Å². The lowest BCUT2D eigenvalue weighted by molar-refractivity contribution is -0.155. The molecule has 0 radical (unpaired) electrons. The molecule has 0 aromatic heterocycles. The first-order valence-electron chi connectivity index (χ1n) is 6.74. The number of carbonyl (C=O) groups excluding carboxylic acids is 1. The number of aliphatic carboxylic acids is 1. The summed E-state index contributed by atoms with van der Waals surface area (Å²) in [7, 11) is 4.38. The molecule has 0 aliphatic carbocycles. The molecule has 1 aliphatic rings. The van der Waals surface area contributed by atoms with Crippen LogP contribution in [-0.2, 0) is 4.79 Å². The minimum absolute atomic E-state index is 0.293. The van der Waals surface area contributed by atoms with E-state index in [1.807, 2.05) is 0 Å². The maximum absolute atomic E-state index is 12.6. The topological polar surface area (TPSA) is 85.3 Å². The fraction of sp³-hybridized carbons (Fsp3) is 0.467. The van der Waals surface area contributed by atoms with Gasteiger partial charge in [-0.25, -0.2) is 4.79 Å². The number of amides is 1. The third-order valence-electron chi connectivity index (χ3n) is 4.04. The molecule has 0 spiro atoms. The SMILES string of the molecule is COc1cc(C(=O)N2CCC2(C)C(=O)O)cc(OC)c1OC. The Bertz CT molecular complexity index is 589. The molecule has 1 N–H and O–H groups in total. The molecule has 1 aliphatic heterocycles. The van der Waals surface area contributed by atoms with E-state index < -0.39 is 11.5 Å². The van der Waals surface area contributed by atoms with Crippen LogP contribution in [0.15, 0.2) is 12.1 Å². The summed E-state index contributed by atoms with van der Waals surface area (Å²) in [6.07, 6.45) is 0.429. The summed E-state index contributed by atoms with van der Waals surface area (Å²) in [5, 5.41) is 9.28. The van der Waals surface area contributed by atoms with E-state index in [4.69, 9.17) is 14.2 Å². The number of nitrogens with zero attached hydrogens (tertiary/aromatic N) is 1. The van der Waals surface area contributed by atoms with Gasteiger partial charge in [-0.1, -0.05) is 0 Å². The molecule has 2 rings (SSSR count). The number of carboxylic acid groups (broad SMARTS) is 1. The van der Waals surface area contributed by atoms with Crippen molar-refractivity contribution in [1.82, 2.24) is 4.90 Å². The summed E-state index contributed by atoms with van der Waals surface area (Å²) >= 11 is 0. The summed E-state index contributed by atoms with van der Waals surface area (Å²) < 4.78 is 15.6. The lowest BCUT2D eigenvalue weighted by Gasteiger charge is -2.47. The zero-order chi connectivity index (χ0) is 16.5. The van der Waals surface area contributed by atoms with Crippen molar-refractivity contribution in [3.63, 3.8) is 0 Å². The average molecular weight is 309 g/mol. The van der Waals surface area contributed by atoms with Gasteiger partial charge in [0.1, 0.15) is 5.54 Å². The third kappa shape index (κ3) is 2.32. The first-order chi connectivity index (χ1) is 10.4. The van der Waals surface area contributed by atoms with Crippen LogP contribution in [0.3, 0.4) is 0 Å². The predicted molar refractivity (Wildman–Crippen MR) is 77.8 cm³/mol. The third-order valence-corrected chi connectivity index (χ3v) is 4.04. The Kier molecular flexibility index (Phi) is 4.16. The van der Waals surface area contributed by atoms with Crippen molar-refractivity contribution < 1.29 is 28.9 Å². The zero-order valence-electron chi connectivity index (χ0n) is 13.0. The van der Waals surface area contributed by atoms with Gasteiger partial charge < -0.3 is 24.2 Å². The molecule has 1 heterocycles. The van der Waals surface area contributed by atoms with Gasteiger partial charge in [-0.05, 0) is 25.5 Å². The second-order valence-corrected chi connectivity index (χ2v) is 5.20. The average Bonchev–Trinajstić information content (AvgIpc) is 2.50. The summed E-state index contributed by atoms with van der Waals surface area (Å²) in [6, 6.07) is 3.04. The van der Waals surface area contributed by atoms with Crippen LogP contribution in [0.25, 0.3) is 0 Å². The van der Waals surface area contributed by atoms with E-state index in [0.29, 0.717) is 35.8 Å². The summed E-state index contributed by atoms with van der Waals surface area (Å²) in [6.45, 7) is 1.94. The van der Waals surface area contributed by atoms with Gasteiger partial charge in [0, 0.05) is 12.1 Å². The van der Waals surface area contributed by atoms with Crippen LogP contribution in [0.2, 0.25) is 0 Å². The van der Waals surface area contributed by atoms with E-state index in [-0.39, 0.29) is 5.91 Å². The highest BCUT2D eigenvalue weighted by atomic mass is 16.5. The van der Waals surface area contributed by atoms with Gasteiger partial charge in [0.25, 0.3) is 5.91 Å². The molecule has 0 bridgehead atoms. The number of carboxylic acids is 1. The molecule has 0 saturated carbocycles. The highest BCUT2D eigenvalue weighted by molar-refractivity contribution is 6.00. The summed E-state index contributed by atoms with van der Waals surface area (Å²) in [5.41, 5.74) is -0.876. The van der Waals surface area contributed by atoms with Crippen molar-refractivity contribution in [1.29, 1.82) is 0 Å². The van der Waals surface area contributed by atoms with E-state index >= 15 is 0 Å². The minimum Gasteiger partial charge on any atom is -0.493 e. The Morgan fingerprint density at radius 3 is 2.00 bits per heavy atom. The van der Waals surface area contributed by atoms with Crippen LogP contribution in [0, 0.1) is 0 Å². The standard InChI is InChI=1S/C15H19NO6/c1-15(14(18)19)5-6-16(15)13(17)9-7-10(20-2)12(22-4)11(8-9)21-3/h7-8H,5-6H2,1-4H3,(H,18,19). The number of ether oxygens (including phenoxy) is 3. The molecule has 7 heteroatoms. The van der Waals surface area contributed by atoms with Crippen molar-refractivity contribution in [2.24, 2.45) is 0 Å². The maximum atomic E-state index is 12.6. The predicted octanol–water partition coefficient (Wildman–Crippen LogP) is 1.40. The van der Waals surface area contributed by atoms with Crippen molar-refractivity contribution in [3.05, 3.63) is 17.7 Å². The molecule has 1 aromatic carbocycles. The first kappa shape index (κ1) is 15.9. The second-order valence-electron chi connectivity index (χ2n) is 5.20. The maximum Gasteiger partial charge on any atom is 0.329 e. The lowest BCUT2D eigenvalue weighted by Crippen LogP contribution is -2.64. The number of benzene rings is 1. The summed E-state index contributed by atoms with van der Waals surface area (Å²) in [4.78, 5) is 25.3. The summed E-state index contributed by atoms with van der Waals surface area (Å²) in [5.74, 6) is -0.313. The smallest absolute Gasteiger partial charge is 0.329 e. The fourth-order valence-electron chi connectivity index (χ4n) is 2.47. The highest BCUT2D eigenvalue weighted by Gasteiger charge is 2.50. The van der Waals surface area contributed by atoms with E-state index in [1.165, 1.54) is 45.3 Å². The highest BCUT2D eigenvalue weighted by Crippen LogP contribution is 2.40. The van der Waals surface area contributed by atoms with Gasteiger partial charge in [0.15, 0.2) is 11.5 Å². The molecule has 1 atom stereocenters. The molecular weight excluding hydrogens is 290 g/mol. The minimum atomic E-state index is -1.17. The molecule has 1 aromatic rings. The second kappa shape index (κ2) is 5.75. The number of hydrogen-bond donors (Lipinski definition) is 1. The van der Waals surface area contributed by atoms with E-state index in [0.717, 1.165) is 0 Å². The number of rotatable bonds is 5. The van der Waals surface area contributed by atoms with E-state index in [9.17, 15) is 14.7 Å². The molecule has 1 fully saturated rings. The Balaban J connectivity index is 2.41. The fourth-order valence-corrected chi connectivity index (χ4v) is 2.47. The number of carbonyl (C=O) groups is 2. The lowest BCUT2D eigenvalue weighted by atomic mass is 9.86. The van der Waals surface area contributed by atoms with Crippen molar-refractivity contribution in [2.75, 3.05) is 27.9 Å². The molecule has 1 unspecified atom stereocenters. The molecular formula is C15H19NO6. The first-order valence-corrected chi connectivity index (χ1v) is 6.74. The van der Waals surface area contributed by atoms with Crippen LogP contribution in [-0.4, -0.2) is 55.3 Å². The van der Waals surface area contributed by atoms with Crippen molar-refractivity contribution in [2.45, 2.75) is 18.9 Å². The quantitative estimate of drug-likeness (QED) is 0.885. The van der Waals surface area contributed by atoms with Crippen LogP contribution in [0.1, 0.15) is 23.7 Å². The van der Waals surface area contributed by atoms with Gasteiger partial charge >= 0.3 is 5.97 Å². The molecule has 22 heavy (non-hydrogen) atoms. The van der Waals surface area contributed by atoms with Crippen LogP contribution >= 0.6 is 0 Å². The van der Waals surface area contributed by atoms with E-state index in [2.05, 4.69) is 0 Å². The van der Waals surface area contributed by atoms with Crippen LogP contribution in [0.4, 0.5) is 0 Å².